The van der Waals surface area contributed by atoms with Crippen molar-refractivity contribution in [2.24, 2.45) is 5.73 Å². The van der Waals surface area contributed by atoms with Crippen molar-refractivity contribution in [3.05, 3.63) is 74.2 Å². The molecule has 236 valence electrons. The highest BCUT2D eigenvalue weighted by atomic mass is 35.5. The zero-order chi connectivity index (χ0) is 33.1. The van der Waals surface area contributed by atoms with Gasteiger partial charge in [-0.05, 0) is 44.2 Å². The highest BCUT2D eigenvalue weighted by Crippen LogP contribution is 2.48. The number of aromatic nitrogens is 3. The molecule has 0 saturated carbocycles. The summed E-state index contributed by atoms with van der Waals surface area (Å²) in [7, 11) is 1.34. The van der Waals surface area contributed by atoms with Gasteiger partial charge in [0.2, 0.25) is 11.5 Å². The minimum absolute atomic E-state index is 0.0402. The molecule has 3 aromatic heterocycles. The third kappa shape index (κ3) is 5.58. The second kappa shape index (κ2) is 11.5. The Labute approximate surface area is 268 Å². The van der Waals surface area contributed by atoms with E-state index in [1.807, 2.05) is 0 Å². The van der Waals surface area contributed by atoms with Gasteiger partial charge in [-0.3, -0.25) is 9.59 Å². The van der Waals surface area contributed by atoms with Crippen molar-refractivity contribution in [3.63, 3.8) is 0 Å². The molecule has 10 nitrogen and oxygen atoms in total. The first kappa shape index (κ1) is 32.5. The van der Waals surface area contributed by atoms with E-state index in [2.05, 4.69) is 20.3 Å². The van der Waals surface area contributed by atoms with Crippen molar-refractivity contribution in [2.75, 3.05) is 20.3 Å². The second-order valence-electron chi connectivity index (χ2n) is 10.6. The van der Waals surface area contributed by atoms with Crippen LogP contribution in [0.1, 0.15) is 34.2 Å². The number of fused-ring (bicyclic) bond motifs is 2. The summed E-state index contributed by atoms with van der Waals surface area (Å²) in [5, 5.41) is 14.0. The van der Waals surface area contributed by atoms with Crippen LogP contribution < -0.4 is 20.5 Å². The van der Waals surface area contributed by atoms with Crippen LogP contribution in [-0.4, -0.2) is 58.3 Å². The van der Waals surface area contributed by atoms with Gasteiger partial charge in [0.25, 0.3) is 5.91 Å². The summed E-state index contributed by atoms with van der Waals surface area (Å²) in [5.41, 5.74) is -0.0883. The van der Waals surface area contributed by atoms with Crippen LogP contribution in [0.3, 0.4) is 0 Å². The average molecular weight is 685 g/mol. The molecule has 1 unspecified atom stereocenters. The Morgan fingerprint density at radius 3 is 2.47 bits per heavy atom. The summed E-state index contributed by atoms with van der Waals surface area (Å²) in [4.78, 5) is 38.0. The Kier molecular flexibility index (Phi) is 8.28. The largest absolute Gasteiger partial charge is 0.494 e. The molecule has 4 N–H and O–H groups in total. The van der Waals surface area contributed by atoms with E-state index < -0.39 is 41.2 Å². The van der Waals surface area contributed by atoms with E-state index in [-0.39, 0.29) is 50.7 Å². The molecule has 5 rings (SSSR count). The van der Waals surface area contributed by atoms with Crippen LogP contribution in [0.15, 0.2) is 36.5 Å². The Hall–Kier alpha value is -3.91. The molecule has 0 radical (unpaired) electrons. The number of carbonyl (C=O) groups is 2. The molecule has 2 amide bonds. The number of hydrogen-bond donors (Lipinski definition) is 3. The summed E-state index contributed by atoms with van der Waals surface area (Å²) >= 11 is 18.2. The summed E-state index contributed by atoms with van der Waals surface area (Å²) in [6, 6.07) is 6.38. The van der Waals surface area contributed by atoms with Crippen LogP contribution in [0.2, 0.25) is 15.2 Å². The van der Waals surface area contributed by atoms with Crippen molar-refractivity contribution in [3.8, 4) is 22.8 Å². The number of halogens is 6. The number of pyridine rings is 3. The number of rotatable bonds is 7. The summed E-state index contributed by atoms with van der Waals surface area (Å²) < 4.78 is 55.3. The van der Waals surface area contributed by atoms with Gasteiger partial charge in [0, 0.05) is 28.3 Å². The van der Waals surface area contributed by atoms with Gasteiger partial charge in [0.1, 0.15) is 39.9 Å². The molecule has 4 aromatic rings. The fourth-order valence-electron chi connectivity index (χ4n) is 4.80. The maximum atomic E-state index is 14.7. The lowest BCUT2D eigenvalue weighted by Gasteiger charge is -2.31. The molecule has 0 spiro atoms. The predicted molar refractivity (Wildman–Crippen MR) is 160 cm³/mol. The van der Waals surface area contributed by atoms with Crippen molar-refractivity contribution in [2.45, 2.75) is 31.0 Å². The average Bonchev–Trinajstić information content (AvgIpc) is 3.34. The monoisotopic (exact) mass is 683 g/mol. The van der Waals surface area contributed by atoms with Gasteiger partial charge in [0.05, 0.1) is 35.1 Å². The molecule has 0 bridgehead atoms. The van der Waals surface area contributed by atoms with Crippen molar-refractivity contribution in [1.82, 2.24) is 20.3 Å². The summed E-state index contributed by atoms with van der Waals surface area (Å²) in [6.45, 7) is 1.37. The van der Waals surface area contributed by atoms with E-state index in [9.17, 15) is 27.9 Å². The number of hydrogen-bond acceptors (Lipinski definition) is 8. The first-order chi connectivity index (χ1) is 21.0. The Morgan fingerprint density at radius 2 is 1.84 bits per heavy atom. The number of carbonyl (C=O) groups excluding carboxylic acids is 2. The number of ether oxygens (including phenoxy) is 2. The molecule has 45 heavy (non-hydrogen) atoms. The molecule has 2 atom stereocenters. The highest BCUT2D eigenvalue weighted by Gasteiger charge is 2.57. The summed E-state index contributed by atoms with van der Waals surface area (Å²) in [6.07, 6.45) is -4.19. The fourth-order valence-corrected chi connectivity index (χ4v) is 5.23. The molecule has 0 saturated heterocycles. The second-order valence-corrected chi connectivity index (χ2v) is 11.7. The van der Waals surface area contributed by atoms with E-state index in [4.69, 9.17) is 50.0 Å². The summed E-state index contributed by atoms with van der Waals surface area (Å²) in [5.74, 6) is -1.75. The Morgan fingerprint density at radius 1 is 1.13 bits per heavy atom. The quantitative estimate of drug-likeness (QED) is 0.223. The fraction of sp³-hybridized carbons (Fsp3) is 0.276. The Bertz CT molecular complexity index is 1890. The lowest BCUT2D eigenvalue weighted by Crippen LogP contribution is -2.51. The lowest BCUT2D eigenvalue weighted by atomic mass is 9.82. The van der Waals surface area contributed by atoms with Crippen molar-refractivity contribution < 1.29 is 37.3 Å². The van der Waals surface area contributed by atoms with Crippen LogP contribution in [0.5, 0.6) is 11.5 Å². The third-order valence-electron chi connectivity index (χ3n) is 7.58. The van der Waals surface area contributed by atoms with Crippen LogP contribution in [0, 0.1) is 6.92 Å². The van der Waals surface area contributed by atoms with Crippen LogP contribution in [0.25, 0.3) is 22.2 Å². The minimum atomic E-state index is -5.38. The number of alkyl halides is 3. The molecule has 0 aliphatic carbocycles. The van der Waals surface area contributed by atoms with E-state index >= 15 is 0 Å². The van der Waals surface area contributed by atoms with Gasteiger partial charge in [-0.2, -0.15) is 13.2 Å². The smallest absolute Gasteiger partial charge is 0.424 e. The zero-order valence-corrected chi connectivity index (χ0v) is 25.9. The van der Waals surface area contributed by atoms with Gasteiger partial charge < -0.3 is 25.6 Å². The standard InChI is InChI=1S/C29H23Cl3F3N5O5/c1-12-17(30)5-13-4-14(7-19(44-3)21(13)39-12)25(41)38-10-28(43,29(33,34)35)20-8-16-23(45-11-27(16,2)26(36)42)22(40-20)15-6-18(31)24(32)37-9-15/h4-9,43H,10-11H2,1-3H3,(H2,36,42)(H,38,41)/t27-,28?/m0/s1. The van der Waals surface area contributed by atoms with Gasteiger partial charge in [-0.25, -0.2) is 15.0 Å². The molecule has 1 aliphatic heterocycles. The molecule has 1 aliphatic rings. The topological polar surface area (TPSA) is 150 Å². The number of aryl methyl sites for hydroxylation is 1. The molecule has 0 fully saturated rings. The van der Waals surface area contributed by atoms with Gasteiger partial charge >= 0.3 is 6.18 Å². The SMILES string of the molecule is COc1cc(C(=O)NCC(O)(c2cc3c(c(-c4cnc(Cl)c(Cl)c4)n2)OC[C@]3(C)C(N)=O)C(F)(F)F)cc2cc(Cl)c(C)nc12. The molecular weight excluding hydrogens is 662 g/mol. The number of primary amides is 1. The Balaban J connectivity index is 1.60. The van der Waals surface area contributed by atoms with Crippen LogP contribution in [-0.2, 0) is 15.8 Å². The van der Waals surface area contributed by atoms with Gasteiger partial charge in [-0.15, -0.1) is 0 Å². The zero-order valence-electron chi connectivity index (χ0n) is 23.6. The first-order valence-electron chi connectivity index (χ1n) is 13.0. The van der Waals surface area contributed by atoms with E-state index in [0.29, 0.717) is 21.6 Å². The predicted octanol–water partition coefficient (Wildman–Crippen LogP) is 5.28. The highest BCUT2D eigenvalue weighted by molar-refractivity contribution is 6.41. The number of nitrogens with zero attached hydrogens (tertiary/aromatic N) is 3. The first-order valence-corrected chi connectivity index (χ1v) is 14.2. The van der Waals surface area contributed by atoms with Crippen molar-refractivity contribution >= 4 is 57.5 Å². The third-order valence-corrected chi connectivity index (χ3v) is 8.65. The van der Waals surface area contributed by atoms with E-state index in [1.54, 1.807) is 6.92 Å². The number of aliphatic hydroxyl groups is 1. The number of nitrogens with two attached hydrogens (primary N) is 1. The molecular formula is C29H23Cl3F3N5O5. The number of methoxy groups -OCH3 is 1. The maximum Gasteiger partial charge on any atom is 0.424 e. The van der Waals surface area contributed by atoms with Gasteiger partial charge in [-0.1, -0.05) is 34.8 Å². The van der Waals surface area contributed by atoms with Crippen LogP contribution >= 0.6 is 34.8 Å². The normalized spacial score (nSPS) is 17.4. The number of benzene rings is 1. The molecule has 4 heterocycles. The molecule has 16 heteroatoms. The lowest BCUT2D eigenvalue weighted by molar-refractivity contribution is -0.265. The van der Waals surface area contributed by atoms with E-state index in [1.165, 1.54) is 44.5 Å². The molecule has 1 aromatic carbocycles. The van der Waals surface area contributed by atoms with Crippen molar-refractivity contribution in [1.29, 1.82) is 0 Å². The minimum Gasteiger partial charge on any atom is -0.494 e. The number of amides is 2. The van der Waals surface area contributed by atoms with E-state index in [0.717, 1.165) is 6.07 Å². The maximum absolute atomic E-state index is 14.7. The van der Waals surface area contributed by atoms with Crippen LogP contribution in [0.4, 0.5) is 13.2 Å². The van der Waals surface area contributed by atoms with Gasteiger partial charge in [0.15, 0.2) is 0 Å². The number of nitrogens with one attached hydrogen (secondary N) is 1.